The van der Waals surface area contributed by atoms with E-state index in [1.165, 1.54) is 0 Å². The molecule has 0 aliphatic heterocycles. The van der Waals surface area contributed by atoms with Gasteiger partial charge in [-0.1, -0.05) is 23.2 Å². The Kier molecular flexibility index (Phi) is 2.47. The maximum atomic E-state index is 9.21. The van der Waals surface area contributed by atoms with Crippen LogP contribution in [0.5, 0.6) is 5.75 Å². The average molecular weight is 192 g/mol. The molecule has 0 aromatic heterocycles. The molecule has 11 heavy (non-hydrogen) atoms. The summed E-state index contributed by atoms with van der Waals surface area (Å²) in [5.41, 5.74) is 0.661. The summed E-state index contributed by atoms with van der Waals surface area (Å²) in [6, 6.07) is 3.28. The highest BCUT2D eigenvalue weighted by Crippen LogP contribution is 2.36. The quantitative estimate of drug-likeness (QED) is 0.716. The maximum Gasteiger partial charge on any atom is 0.154 e. The largest absolute Gasteiger partial charge is 0.505 e. The third-order valence-electron chi connectivity index (χ3n) is 1.34. The van der Waals surface area contributed by atoms with Gasteiger partial charge in [0, 0.05) is 7.05 Å². The molecule has 60 valence electrons. The standard InChI is InChI=1S/C7H7Cl2NO/c1-10-5-3-2-4(8)7(11)6(5)9/h2-3,10-11H,1H3. The summed E-state index contributed by atoms with van der Waals surface area (Å²) in [4.78, 5) is 0. The van der Waals surface area contributed by atoms with E-state index in [-0.39, 0.29) is 15.8 Å². The number of halogens is 2. The van der Waals surface area contributed by atoms with Crippen LogP contribution in [0, 0.1) is 0 Å². The Labute approximate surface area is 74.7 Å². The minimum absolute atomic E-state index is 0.0832. The topological polar surface area (TPSA) is 32.3 Å². The van der Waals surface area contributed by atoms with Crippen LogP contribution in [0.25, 0.3) is 0 Å². The lowest BCUT2D eigenvalue weighted by atomic mass is 10.3. The van der Waals surface area contributed by atoms with Crippen molar-refractivity contribution in [2.24, 2.45) is 0 Å². The highest BCUT2D eigenvalue weighted by molar-refractivity contribution is 6.38. The SMILES string of the molecule is CNc1ccc(Cl)c(O)c1Cl. The van der Waals surface area contributed by atoms with Crippen molar-refractivity contribution in [3.63, 3.8) is 0 Å². The van der Waals surface area contributed by atoms with Gasteiger partial charge in [-0.2, -0.15) is 0 Å². The van der Waals surface area contributed by atoms with Crippen LogP contribution in [0.15, 0.2) is 12.1 Å². The minimum atomic E-state index is -0.0832. The van der Waals surface area contributed by atoms with Crippen LogP contribution >= 0.6 is 23.2 Å². The van der Waals surface area contributed by atoms with Gasteiger partial charge >= 0.3 is 0 Å². The van der Waals surface area contributed by atoms with E-state index in [2.05, 4.69) is 5.32 Å². The molecular formula is C7H7Cl2NO. The molecule has 0 fully saturated rings. The fourth-order valence-corrected chi connectivity index (χ4v) is 1.20. The van der Waals surface area contributed by atoms with Gasteiger partial charge in [0.15, 0.2) is 5.75 Å². The summed E-state index contributed by atoms with van der Waals surface area (Å²) in [5.74, 6) is -0.0832. The number of rotatable bonds is 1. The van der Waals surface area contributed by atoms with Crippen molar-refractivity contribution in [2.75, 3.05) is 12.4 Å². The molecule has 0 atom stereocenters. The van der Waals surface area contributed by atoms with E-state index in [4.69, 9.17) is 23.2 Å². The van der Waals surface area contributed by atoms with E-state index in [9.17, 15) is 5.11 Å². The molecule has 2 nitrogen and oxygen atoms in total. The molecule has 0 radical (unpaired) electrons. The molecule has 0 amide bonds. The summed E-state index contributed by atoms with van der Waals surface area (Å²) in [5, 5.41) is 12.5. The van der Waals surface area contributed by atoms with Crippen molar-refractivity contribution >= 4 is 28.9 Å². The summed E-state index contributed by atoms with van der Waals surface area (Å²) >= 11 is 11.3. The summed E-state index contributed by atoms with van der Waals surface area (Å²) < 4.78 is 0. The van der Waals surface area contributed by atoms with E-state index < -0.39 is 0 Å². The fraction of sp³-hybridized carbons (Fsp3) is 0.143. The normalized spacial score (nSPS) is 9.73. The number of anilines is 1. The first-order valence-electron chi connectivity index (χ1n) is 3.01. The van der Waals surface area contributed by atoms with Gasteiger partial charge in [-0.15, -0.1) is 0 Å². The van der Waals surface area contributed by atoms with Gasteiger partial charge in [-0.3, -0.25) is 0 Å². The van der Waals surface area contributed by atoms with Crippen molar-refractivity contribution < 1.29 is 5.11 Å². The van der Waals surface area contributed by atoms with Gasteiger partial charge in [0.05, 0.1) is 10.7 Å². The lowest BCUT2D eigenvalue weighted by Crippen LogP contribution is -1.88. The number of hydrogen-bond acceptors (Lipinski definition) is 2. The van der Waals surface area contributed by atoms with Gasteiger partial charge in [0.1, 0.15) is 5.02 Å². The number of nitrogens with one attached hydrogen (secondary N) is 1. The molecule has 2 N–H and O–H groups in total. The Morgan fingerprint density at radius 1 is 1.36 bits per heavy atom. The van der Waals surface area contributed by atoms with Gasteiger partial charge in [-0.05, 0) is 12.1 Å². The molecule has 1 aromatic rings. The highest BCUT2D eigenvalue weighted by Gasteiger charge is 2.06. The smallest absolute Gasteiger partial charge is 0.154 e. The van der Waals surface area contributed by atoms with Gasteiger partial charge in [-0.25, -0.2) is 0 Å². The molecular weight excluding hydrogens is 185 g/mol. The zero-order valence-corrected chi connectivity index (χ0v) is 7.37. The summed E-state index contributed by atoms with van der Waals surface area (Å²) in [6.07, 6.45) is 0. The van der Waals surface area contributed by atoms with E-state index in [1.807, 2.05) is 0 Å². The summed E-state index contributed by atoms with van der Waals surface area (Å²) in [6.45, 7) is 0. The van der Waals surface area contributed by atoms with Crippen LogP contribution < -0.4 is 5.32 Å². The van der Waals surface area contributed by atoms with Crippen LogP contribution in [0.3, 0.4) is 0 Å². The molecule has 0 saturated heterocycles. The number of hydrogen-bond donors (Lipinski definition) is 2. The molecule has 0 bridgehead atoms. The second kappa shape index (κ2) is 3.20. The Morgan fingerprint density at radius 2 is 2.00 bits per heavy atom. The number of phenols is 1. The number of phenolic OH excluding ortho intramolecular Hbond substituents is 1. The highest BCUT2D eigenvalue weighted by atomic mass is 35.5. The third kappa shape index (κ3) is 1.52. The summed E-state index contributed by atoms with van der Waals surface area (Å²) in [7, 11) is 1.72. The Balaban J connectivity index is 3.25. The first kappa shape index (κ1) is 8.50. The van der Waals surface area contributed by atoms with Gasteiger partial charge in [0.2, 0.25) is 0 Å². The van der Waals surface area contributed by atoms with Crippen molar-refractivity contribution in [3.8, 4) is 5.75 Å². The van der Waals surface area contributed by atoms with Crippen molar-refractivity contribution in [1.82, 2.24) is 0 Å². The molecule has 1 aromatic carbocycles. The lowest BCUT2D eigenvalue weighted by Gasteiger charge is -2.05. The van der Waals surface area contributed by atoms with Crippen LogP contribution in [-0.4, -0.2) is 12.2 Å². The second-order valence-corrected chi connectivity index (χ2v) is 2.79. The predicted octanol–water partition coefficient (Wildman–Crippen LogP) is 2.74. The van der Waals surface area contributed by atoms with E-state index >= 15 is 0 Å². The Morgan fingerprint density at radius 3 is 2.55 bits per heavy atom. The molecule has 0 heterocycles. The van der Waals surface area contributed by atoms with Crippen LogP contribution in [0.4, 0.5) is 5.69 Å². The number of aromatic hydroxyl groups is 1. The van der Waals surface area contributed by atoms with Gasteiger partial charge < -0.3 is 10.4 Å². The maximum absolute atomic E-state index is 9.21. The Bertz CT molecular complexity index is 275. The van der Waals surface area contributed by atoms with E-state index in [0.29, 0.717) is 5.69 Å². The van der Waals surface area contributed by atoms with E-state index in [0.717, 1.165) is 0 Å². The van der Waals surface area contributed by atoms with Crippen LogP contribution in [0.2, 0.25) is 10.0 Å². The molecule has 4 heteroatoms. The van der Waals surface area contributed by atoms with Crippen molar-refractivity contribution in [1.29, 1.82) is 0 Å². The first-order chi connectivity index (χ1) is 5.16. The minimum Gasteiger partial charge on any atom is -0.505 e. The molecule has 0 unspecified atom stereocenters. The van der Waals surface area contributed by atoms with Crippen LogP contribution in [0.1, 0.15) is 0 Å². The third-order valence-corrected chi connectivity index (χ3v) is 2.02. The number of benzene rings is 1. The molecule has 1 rings (SSSR count). The monoisotopic (exact) mass is 191 g/mol. The fourth-order valence-electron chi connectivity index (χ4n) is 0.734. The average Bonchev–Trinajstić information content (AvgIpc) is 2.01. The van der Waals surface area contributed by atoms with E-state index in [1.54, 1.807) is 19.2 Å². The first-order valence-corrected chi connectivity index (χ1v) is 3.77. The molecule has 0 aliphatic rings. The van der Waals surface area contributed by atoms with Crippen molar-refractivity contribution in [3.05, 3.63) is 22.2 Å². The zero-order chi connectivity index (χ0) is 8.43. The second-order valence-electron chi connectivity index (χ2n) is 2.01. The van der Waals surface area contributed by atoms with Crippen molar-refractivity contribution in [2.45, 2.75) is 0 Å². The lowest BCUT2D eigenvalue weighted by molar-refractivity contribution is 0.476. The van der Waals surface area contributed by atoms with Crippen LogP contribution in [-0.2, 0) is 0 Å². The molecule has 0 saturated carbocycles. The zero-order valence-electron chi connectivity index (χ0n) is 5.86. The molecule has 0 spiro atoms. The van der Waals surface area contributed by atoms with Gasteiger partial charge in [0.25, 0.3) is 0 Å². The predicted molar refractivity (Wildman–Crippen MR) is 47.7 cm³/mol. The Hall–Kier alpha value is -0.600. The molecule has 0 aliphatic carbocycles.